The van der Waals surface area contributed by atoms with Gasteiger partial charge in [-0.3, -0.25) is 9.67 Å². The van der Waals surface area contributed by atoms with E-state index in [2.05, 4.69) is 20.3 Å². The number of pyridine rings is 1. The zero-order chi connectivity index (χ0) is 15.4. The molecule has 1 atom stereocenters. The first-order valence-electron chi connectivity index (χ1n) is 6.99. The number of rotatable bonds is 6. The lowest BCUT2D eigenvalue weighted by Gasteiger charge is -2.19. The molecule has 6 heteroatoms. The van der Waals surface area contributed by atoms with E-state index in [4.69, 9.17) is 11.6 Å². The van der Waals surface area contributed by atoms with E-state index in [0.29, 0.717) is 5.02 Å². The van der Waals surface area contributed by atoms with Crippen LogP contribution < -0.4 is 5.32 Å². The first-order chi connectivity index (χ1) is 10.0. The van der Waals surface area contributed by atoms with Gasteiger partial charge in [-0.2, -0.15) is 5.10 Å². The second-order valence-electron chi connectivity index (χ2n) is 5.33. The molecule has 0 saturated heterocycles. The third kappa shape index (κ3) is 3.81. The number of hydrogen-bond acceptors (Lipinski definition) is 4. The summed E-state index contributed by atoms with van der Waals surface area (Å²) in [4.78, 5) is 6.73. The molecule has 2 aromatic rings. The highest BCUT2D eigenvalue weighted by Gasteiger charge is 2.22. The molecule has 0 amide bonds. The zero-order valence-corrected chi connectivity index (χ0v) is 13.7. The van der Waals surface area contributed by atoms with E-state index in [9.17, 15) is 0 Å². The summed E-state index contributed by atoms with van der Waals surface area (Å²) >= 11 is 6.36. The second-order valence-corrected chi connectivity index (χ2v) is 5.74. The normalized spacial score (nSPS) is 12.9. The summed E-state index contributed by atoms with van der Waals surface area (Å²) in [5.41, 5.74) is 2.90. The van der Waals surface area contributed by atoms with Gasteiger partial charge < -0.3 is 10.2 Å². The van der Waals surface area contributed by atoms with Crippen molar-refractivity contribution in [3.05, 3.63) is 46.5 Å². The van der Waals surface area contributed by atoms with Gasteiger partial charge in [-0.05, 0) is 40.2 Å². The van der Waals surface area contributed by atoms with Crippen LogP contribution in [0.2, 0.25) is 5.02 Å². The quantitative estimate of drug-likeness (QED) is 0.888. The lowest BCUT2D eigenvalue weighted by atomic mass is 10.1. The molecule has 0 aliphatic carbocycles. The van der Waals surface area contributed by atoms with Crippen molar-refractivity contribution in [2.75, 3.05) is 27.7 Å². The van der Waals surface area contributed by atoms with Crippen molar-refractivity contribution >= 4 is 11.6 Å². The highest BCUT2D eigenvalue weighted by Crippen LogP contribution is 2.27. The van der Waals surface area contributed by atoms with Crippen molar-refractivity contribution in [3.8, 4) is 0 Å². The molecule has 1 unspecified atom stereocenters. The van der Waals surface area contributed by atoms with Gasteiger partial charge in [-0.15, -0.1) is 0 Å². The van der Waals surface area contributed by atoms with Gasteiger partial charge in [-0.25, -0.2) is 0 Å². The minimum Gasteiger partial charge on any atom is -0.308 e. The number of nitrogens with zero attached hydrogens (tertiary/aromatic N) is 4. The Morgan fingerprint density at radius 3 is 2.76 bits per heavy atom. The van der Waals surface area contributed by atoms with Crippen LogP contribution in [-0.4, -0.2) is 47.4 Å². The van der Waals surface area contributed by atoms with Gasteiger partial charge in [0, 0.05) is 12.2 Å². The molecule has 0 aliphatic rings. The topological polar surface area (TPSA) is 46.0 Å². The Hall–Kier alpha value is -1.43. The van der Waals surface area contributed by atoms with Crippen molar-refractivity contribution in [2.45, 2.75) is 19.5 Å². The zero-order valence-electron chi connectivity index (χ0n) is 13.0. The molecule has 0 aliphatic heterocycles. The van der Waals surface area contributed by atoms with Gasteiger partial charge >= 0.3 is 0 Å². The molecule has 0 fully saturated rings. The maximum Gasteiger partial charge on any atom is 0.0934 e. The number of halogens is 1. The average Bonchev–Trinajstić information content (AvgIpc) is 2.79. The molecule has 2 heterocycles. The predicted molar refractivity (Wildman–Crippen MR) is 85.7 cm³/mol. The number of nitrogens with one attached hydrogen (secondary N) is 1. The van der Waals surface area contributed by atoms with E-state index in [1.54, 1.807) is 6.20 Å². The summed E-state index contributed by atoms with van der Waals surface area (Å²) in [5, 5.41) is 8.35. The molecule has 2 aromatic heterocycles. The first kappa shape index (κ1) is 15.9. The Kier molecular flexibility index (Phi) is 5.33. The lowest BCUT2D eigenvalue weighted by molar-refractivity contribution is 0.366. The summed E-state index contributed by atoms with van der Waals surface area (Å²) < 4.78 is 1.95. The highest BCUT2D eigenvalue weighted by molar-refractivity contribution is 6.31. The van der Waals surface area contributed by atoms with E-state index in [0.717, 1.165) is 30.2 Å². The Morgan fingerprint density at radius 2 is 2.14 bits per heavy atom. The van der Waals surface area contributed by atoms with Crippen LogP contribution in [0.25, 0.3) is 0 Å². The fourth-order valence-corrected chi connectivity index (χ4v) is 2.53. The van der Waals surface area contributed by atoms with E-state index in [1.807, 2.05) is 50.9 Å². The lowest BCUT2D eigenvalue weighted by Crippen LogP contribution is -2.26. The SMILES string of the molecule is CNC(c1cccc(C)n1)c1c(Cl)cnn1CCN(C)C. The summed E-state index contributed by atoms with van der Waals surface area (Å²) in [6.07, 6.45) is 1.70. The fourth-order valence-electron chi connectivity index (χ4n) is 2.28. The maximum absolute atomic E-state index is 6.36. The van der Waals surface area contributed by atoms with Gasteiger partial charge in [0.25, 0.3) is 0 Å². The third-order valence-corrected chi connectivity index (χ3v) is 3.65. The Morgan fingerprint density at radius 1 is 1.38 bits per heavy atom. The van der Waals surface area contributed by atoms with Gasteiger partial charge in [0.15, 0.2) is 0 Å². The molecule has 21 heavy (non-hydrogen) atoms. The van der Waals surface area contributed by atoms with Crippen molar-refractivity contribution in [1.29, 1.82) is 0 Å². The van der Waals surface area contributed by atoms with Crippen LogP contribution >= 0.6 is 11.6 Å². The standard InChI is InChI=1S/C15H22ClN5/c1-11-6-5-7-13(19-11)14(17-2)15-12(16)10-18-21(15)9-8-20(3)4/h5-7,10,14,17H,8-9H2,1-4H3. The molecule has 0 radical (unpaired) electrons. The van der Waals surface area contributed by atoms with Crippen LogP contribution in [0.15, 0.2) is 24.4 Å². The minimum absolute atomic E-state index is 0.0675. The first-order valence-corrected chi connectivity index (χ1v) is 7.37. The highest BCUT2D eigenvalue weighted by atomic mass is 35.5. The van der Waals surface area contributed by atoms with Crippen LogP contribution in [0.1, 0.15) is 23.1 Å². The molecule has 0 aromatic carbocycles. The second kappa shape index (κ2) is 7.02. The van der Waals surface area contributed by atoms with Crippen LogP contribution in [-0.2, 0) is 6.54 Å². The molecule has 114 valence electrons. The van der Waals surface area contributed by atoms with Crippen molar-refractivity contribution in [2.24, 2.45) is 0 Å². The predicted octanol–water partition coefficient (Wildman–Crippen LogP) is 2.11. The molecule has 5 nitrogen and oxygen atoms in total. The molecule has 0 spiro atoms. The maximum atomic E-state index is 6.36. The third-order valence-electron chi connectivity index (χ3n) is 3.36. The number of aromatic nitrogens is 3. The van der Waals surface area contributed by atoms with Gasteiger partial charge in [-0.1, -0.05) is 17.7 Å². The van der Waals surface area contributed by atoms with Crippen LogP contribution in [0.5, 0.6) is 0 Å². The van der Waals surface area contributed by atoms with E-state index in [1.165, 1.54) is 0 Å². The largest absolute Gasteiger partial charge is 0.308 e. The van der Waals surface area contributed by atoms with E-state index in [-0.39, 0.29) is 6.04 Å². The summed E-state index contributed by atoms with van der Waals surface area (Å²) in [6, 6.07) is 5.94. The van der Waals surface area contributed by atoms with E-state index >= 15 is 0 Å². The van der Waals surface area contributed by atoms with Gasteiger partial charge in [0.2, 0.25) is 0 Å². The summed E-state index contributed by atoms with van der Waals surface area (Å²) in [6.45, 7) is 3.68. The summed E-state index contributed by atoms with van der Waals surface area (Å²) in [7, 11) is 6.00. The molecular formula is C15H22ClN5. The minimum atomic E-state index is -0.0675. The van der Waals surface area contributed by atoms with Crippen molar-refractivity contribution < 1.29 is 0 Å². The van der Waals surface area contributed by atoms with E-state index < -0.39 is 0 Å². The number of hydrogen-bond donors (Lipinski definition) is 1. The summed E-state index contributed by atoms with van der Waals surface area (Å²) in [5.74, 6) is 0. The Bertz CT molecular complexity index is 593. The van der Waals surface area contributed by atoms with Crippen LogP contribution in [0.4, 0.5) is 0 Å². The molecule has 0 bridgehead atoms. The molecule has 0 saturated carbocycles. The van der Waals surface area contributed by atoms with Crippen LogP contribution in [0.3, 0.4) is 0 Å². The Balaban J connectivity index is 2.35. The number of likely N-dealkylation sites (N-methyl/N-ethyl adjacent to an activating group) is 1. The average molecular weight is 308 g/mol. The molecule has 2 rings (SSSR count). The van der Waals surface area contributed by atoms with Crippen LogP contribution in [0, 0.1) is 6.92 Å². The molecular weight excluding hydrogens is 286 g/mol. The smallest absolute Gasteiger partial charge is 0.0934 e. The fraction of sp³-hybridized carbons (Fsp3) is 0.467. The van der Waals surface area contributed by atoms with Gasteiger partial charge in [0.1, 0.15) is 0 Å². The Labute approximate surface area is 130 Å². The van der Waals surface area contributed by atoms with Gasteiger partial charge in [0.05, 0.1) is 35.2 Å². The van der Waals surface area contributed by atoms with Crippen molar-refractivity contribution in [1.82, 2.24) is 25.0 Å². The molecule has 1 N–H and O–H groups in total. The number of aryl methyl sites for hydroxylation is 1. The monoisotopic (exact) mass is 307 g/mol. The van der Waals surface area contributed by atoms with Crippen molar-refractivity contribution in [3.63, 3.8) is 0 Å².